The lowest BCUT2D eigenvalue weighted by Crippen LogP contribution is -2.02. The van der Waals surface area contributed by atoms with Gasteiger partial charge in [0, 0.05) is 5.56 Å². The largest absolute Gasteiger partial charge is 0.454 e. The fraction of sp³-hybridized carbons (Fsp3) is 0.333. The predicted octanol–water partition coefficient (Wildman–Crippen LogP) is 4.49. The normalized spacial score (nSPS) is 13.0. The van der Waals surface area contributed by atoms with Gasteiger partial charge in [-0.25, -0.2) is 9.97 Å². The van der Waals surface area contributed by atoms with E-state index < -0.39 is 0 Å². The number of hydrogen-bond donors (Lipinski definition) is 0. The molecule has 2 aromatic rings. The molecule has 110 valence electrons. The van der Waals surface area contributed by atoms with Crippen LogP contribution in [0, 0.1) is 5.92 Å². The van der Waals surface area contributed by atoms with Gasteiger partial charge >= 0.3 is 0 Å². The van der Waals surface area contributed by atoms with Crippen LogP contribution < -0.4 is 9.47 Å². The smallest absolute Gasteiger partial charge is 0.231 e. The zero-order valence-electron chi connectivity index (χ0n) is 11.7. The van der Waals surface area contributed by atoms with Crippen molar-refractivity contribution in [3.05, 3.63) is 33.5 Å². The summed E-state index contributed by atoms with van der Waals surface area (Å²) < 4.78 is 11.5. The summed E-state index contributed by atoms with van der Waals surface area (Å²) in [5.41, 5.74) is 1.77. The minimum Gasteiger partial charge on any atom is -0.454 e. The molecule has 0 fully saturated rings. The summed E-state index contributed by atoms with van der Waals surface area (Å²) in [4.78, 5) is 8.98. The monoisotopic (exact) mass is 368 g/mol. The lowest BCUT2D eigenvalue weighted by Gasteiger charge is -2.10. The average Bonchev–Trinajstić information content (AvgIpc) is 2.90. The predicted molar refractivity (Wildman–Crippen MR) is 84.8 cm³/mol. The Labute approximate surface area is 136 Å². The minimum atomic E-state index is 0.249. The third-order valence-corrected chi connectivity index (χ3v) is 4.45. The molecule has 0 aliphatic carbocycles. The SMILES string of the molecule is CC(C)Cc1nc(-c2ccc3c(c2)OCO3)nc(Cl)c1Br. The van der Waals surface area contributed by atoms with E-state index >= 15 is 0 Å². The Morgan fingerprint density at radius 3 is 2.76 bits per heavy atom. The molecule has 0 amide bonds. The summed E-state index contributed by atoms with van der Waals surface area (Å²) in [5, 5.41) is 0.424. The highest BCUT2D eigenvalue weighted by atomic mass is 79.9. The molecular formula is C15H14BrClN2O2. The van der Waals surface area contributed by atoms with Crippen LogP contribution in [-0.2, 0) is 6.42 Å². The van der Waals surface area contributed by atoms with Crippen LogP contribution in [-0.4, -0.2) is 16.8 Å². The van der Waals surface area contributed by atoms with Crippen molar-refractivity contribution in [3.63, 3.8) is 0 Å². The first-order chi connectivity index (χ1) is 10.0. The first-order valence-electron chi connectivity index (χ1n) is 6.66. The molecule has 0 atom stereocenters. The molecule has 0 unspecified atom stereocenters. The molecule has 3 rings (SSSR count). The maximum atomic E-state index is 6.22. The van der Waals surface area contributed by atoms with Gasteiger partial charge in [0.25, 0.3) is 0 Å². The topological polar surface area (TPSA) is 44.2 Å². The zero-order chi connectivity index (χ0) is 15.0. The van der Waals surface area contributed by atoms with E-state index in [0.717, 1.165) is 27.9 Å². The highest BCUT2D eigenvalue weighted by Gasteiger charge is 2.17. The molecule has 0 N–H and O–H groups in total. The number of benzene rings is 1. The zero-order valence-corrected chi connectivity index (χ0v) is 14.0. The van der Waals surface area contributed by atoms with E-state index in [2.05, 4.69) is 39.7 Å². The van der Waals surface area contributed by atoms with Crippen molar-refractivity contribution in [1.29, 1.82) is 0 Å². The highest BCUT2D eigenvalue weighted by Crippen LogP contribution is 2.36. The van der Waals surface area contributed by atoms with Crippen molar-refractivity contribution >= 4 is 27.5 Å². The second-order valence-electron chi connectivity index (χ2n) is 5.26. The maximum absolute atomic E-state index is 6.22. The number of aromatic nitrogens is 2. The van der Waals surface area contributed by atoms with Gasteiger partial charge < -0.3 is 9.47 Å². The van der Waals surface area contributed by atoms with Gasteiger partial charge in [-0.1, -0.05) is 25.4 Å². The molecule has 0 radical (unpaired) electrons. The van der Waals surface area contributed by atoms with E-state index in [0.29, 0.717) is 22.6 Å². The number of hydrogen-bond acceptors (Lipinski definition) is 4. The van der Waals surface area contributed by atoms with E-state index in [4.69, 9.17) is 21.1 Å². The third-order valence-electron chi connectivity index (χ3n) is 3.11. The molecular weight excluding hydrogens is 356 g/mol. The lowest BCUT2D eigenvalue weighted by atomic mass is 10.1. The molecule has 0 spiro atoms. The second-order valence-corrected chi connectivity index (χ2v) is 6.42. The molecule has 1 aliphatic heterocycles. The van der Waals surface area contributed by atoms with Crippen LogP contribution in [0.15, 0.2) is 22.7 Å². The van der Waals surface area contributed by atoms with Crippen LogP contribution in [0.5, 0.6) is 11.5 Å². The molecule has 6 heteroatoms. The molecule has 0 saturated heterocycles. The van der Waals surface area contributed by atoms with E-state index in [1.54, 1.807) is 0 Å². The van der Waals surface area contributed by atoms with Crippen molar-refractivity contribution in [2.45, 2.75) is 20.3 Å². The Morgan fingerprint density at radius 1 is 1.24 bits per heavy atom. The number of fused-ring (bicyclic) bond motifs is 1. The Bertz CT molecular complexity index is 692. The number of rotatable bonds is 3. The maximum Gasteiger partial charge on any atom is 0.231 e. The molecule has 0 bridgehead atoms. The van der Waals surface area contributed by atoms with Crippen LogP contribution in [0.2, 0.25) is 5.15 Å². The first kappa shape index (κ1) is 14.6. The second kappa shape index (κ2) is 5.81. The molecule has 1 aliphatic rings. The van der Waals surface area contributed by atoms with Crippen LogP contribution in [0.25, 0.3) is 11.4 Å². The van der Waals surface area contributed by atoms with Gasteiger partial charge in [0.05, 0.1) is 10.2 Å². The Morgan fingerprint density at radius 2 is 2.00 bits per heavy atom. The van der Waals surface area contributed by atoms with E-state index in [9.17, 15) is 0 Å². The fourth-order valence-corrected chi connectivity index (χ4v) is 2.68. The van der Waals surface area contributed by atoms with Crippen LogP contribution in [0.1, 0.15) is 19.5 Å². The number of halogens is 2. The van der Waals surface area contributed by atoms with Gasteiger partial charge in [0.2, 0.25) is 6.79 Å². The Kier molecular flexibility index (Phi) is 4.04. The highest BCUT2D eigenvalue weighted by molar-refractivity contribution is 9.10. The van der Waals surface area contributed by atoms with Gasteiger partial charge in [0.15, 0.2) is 17.3 Å². The van der Waals surface area contributed by atoms with E-state index in [1.165, 1.54) is 0 Å². The summed E-state index contributed by atoms with van der Waals surface area (Å²) >= 11 is 9.68. The molecule has 21 heavy (non-hydrogen) atoms. The summed E-state index contributed by atoms with van der Waals surface area (Å²) in [7, 11) is 0. The minimum absolute atomic E-state index is 0.249. The molecule has 1 aromatic heterocycles. The Balaban J connectivity index is 2.04. The van der Waals surface area contributed by atoms with Crippen molar-refractivity contribution in [2.24, 2.45) is 5.92 Å². The fourth-order valence-electron chi connectivity index (χ4n) is 2.15. The summed E-state index contributed by atoms with van der Waals surface area (Å²) in [6.45, 7) is 4.53. The Hall–Kier alpha value is -1.33. The average molecular weight is 370 g/mol. The van der Waals surface area contributed by atoms with Gasteiger partial charge in [-0.3, -0.25) is 0 Å². The van der Waals surface area contributed by atoms with Crippen LogP contribution >= 0.6 is 27.5 Å². The van der Waals surface area contributed by atoms with Crippen molar-refractivity contribution < 1.29 is 9.47 Å². The van der Waals surface area contributed by atoms with Crippen molar-refractivity contribution in [3.8, 4) is 22.9 Å². The third kappa shape index (κ3) is 2.99. The number of nitrogens with zero attached hydrogens (tertiary/aromatic N) is 2. The van der Waals surface area contributed by atoms with Gasteiger partial charge in [-0.2, -0.15) is 0 Å². The number of ether oxygens (including phenoxy) is 2. The first-order valence-corrected chi connectivity index (χ1v) is 7.83. The van der Waals surface area contributed by atoms with Crippen molar-refractivity contribution in [2.75, 3.05) is 6.79 Å². The van der Waals surface area contributed by atoms with Gasteiger partial charge in [0.1, 0.15) is 5.15 Å². The van der Waals surface area contributed by atoms with Gasteiger partial charge in [-0.05, 0) is 46.5 Å². The quantitative estimate of drug-likeness (QED) is 0.748. The molecule has 0 saturated carbocycles. The summed E-state index contributed by atoms with van der Waals surface area (Å²) in [5.74, 6) is 2.53. The molecule has 1 aromatic carbocycles. The lowest BCUT2D eigenvalue weighted by molar-refractivity contribution is 0.174. The summed E-state index contributed by atoms with van der Waals surface area (Å²) in [6, 6.07) is 5.65. The van der Waals surface area contributed by atoms with Crippen molar-refractivity contribution in [1.82, 2.24) is 9.97 Å². The molecule has 4 nitrogen and oxygen atoms in total. The van der Waals surface area contributed by atoms with Crippen LogP contribution in [0.4, 0.5) is 0 Å². The standard InChI is InChI=1S/C15H14BrClN2O2/c1-8(2)5-10-13(16)14(17)19-15(18-10)9-3-4-11-12(6-9)21-7-20-11/h3-4,6,8H,5,7H2,1-2H3. The summed E-state index contributed by atoms with van der Waals surface area (Å²) in [6.07, 6.45) is 0.834. The van der Waals surface area contributed by atoms with Crippen LogP contribution in [0.3, 0.4) is 0 Å². The van der Waals surface area contributed by atoms with E-state index in [-0.39, 0.29) is 6.79 Å². The van der Waals surface area contributed by atoms with E-state index in [1.807, 2.05) is 18.2 Å². The molecule has 2 heterocycles. The van der Waals surface area contributed by atoms with Gasteiger partial charge in [-0.15, -0.1) is 0 Å².